The van der Waals surface area contributed by atoms with Gasteiger partial charge in [-0.2, -0.15) is 0 Å². The first-order valence-electron chi connectivity index (χ1n) is 9.29. The Hall–Kier alpha value is -2.93. The van der Waals surface area contributed by atoms with Crippen molar-refractivity contribution in [3.63, 3.8) is 0 Å². The minimum absolute atomic E-state index is 0.00198. The molecule has 1 aliphatic heterocycles. The van der Waals surface area contributed by atoms with E-state index in [2.05, 4.69) is 0 Å². The van der Waals surface area contributed by atoms with Crippen LogP contribution in [0.4, 0.5) is 0 Å². The number of hydrogen-bond donors (Lipinski definition) is 0. The molecule has 0 N–H and O–H groups in total. The Morgan fingerprint density at radius 1 is 1.03 bits per heavy atom. The summed E-state index contributed by atoms with van der Waals surface area (Å²) >= 11 is 1.40. The molecule has 2 aromatic carbocycles. The normalized spacial score (nSPS) is 16.2. The summed E-state index contributed by atoms with van der Waals surface area (Å²) in [4.78, 5) is 49.6. The molecule has 0 aromatic heterocycles. The third-order valence-corrected chi connectivity index (χ3v) is 5.61. The first kappa shape index (κ1) is 20.8. The van der Waals surface area contributed by atoms with Crippen LogP contribution in [0.2, 0.25) is 0 Å². The van der Waals surface area contributed by atoms with Gasteiger partial charge in [0, 0.05) is 17.5 Å². The fraction of sp³-hybridized carbons (Fsp3) is 0.273. The molecule has 1 saturated heterocycles. The van der Waals surface area contributed by atoms with E-state index in [-0.39, 0.29) is 37.2 Å². The van der Waals surface area contributed by atoms with Crippen LogP contribution in [0.5, 0.6) is 0 Å². The van der Waals surface area contributed by atoms with Gasteiger partial charge in [-0.3, -0.25) is 24.1 Å². The van der Waals surface area contributed by atoms with E-state index in [9.17, 15) is 19.2 Å². The van der Waals surface area contributed by atoms with Gasteiger partial charge >= 0.3 is 5.97 Å². The van der Waals surface area contributed by atoms with E-state index in [0.717, 1.165) is 10.7 Å². The molecule has 0 radical (unpaired) electrons. The van der Waals surface area contributed by atoms with E-state index in [1.807, 2.05) is 13.0 Å². The lowest BCUT2D eigenvalue weighted by Gasteiger charge is -2.14. The first-order chi connectivity index (χ1) is 14.0. The number of thioether (sulfide) groups is 1. The van der Waals surface area contributed by atoms with Crippen LogP contribution in [0.3, 0.4) is 0 Å². The molecule has 150 valence electrons. The van der Waals surface area contributed by atoms with Crippen molar-refractivity contribution >= 4 is 35.3 Å². The smallest absolute Gasteiger partial charge is 0.326 e. The maximum absolute atomic E-state index is 12.4. The number of ketones is 1. The second kappa shape index (κ2) is 9.52. The van der Waals surface area contributed by atoms with E-state index in [4.69, 9.17) is 4.74 Å². The number of amides is 2. The van der Waals surface area contributed by atoms with Gasteiger partial charge in [0.15, 0.2) is 5.78 Å². The van der Waals surface area contributed by atoms with Crippen LogP contribution >= 0.6 is 11.8 Å². The molecule has 1 heterocycles. The molecule has 0 saturated carbocycles. The number of carbonyl (C=O) groups excluding carboxylic acids is 4. The predicted octanol–water partition coefficient (Wildman–Crippen LogP) is 2.84. The van der Waals surface area contributed by atoms with Gasteiger partial charge in [0.1, 0.15) is 13.2 Å². The summed E-state index contributed by atoms with van der Waals surface area (Å²) in [7, 11) is 0. The fourth-order valence-electron chi connectivity index (χ4n) is 3.00. The molecule has 0 spiro atoms. The summed E-state index contributed by atoms with van der Waals surface area (Å²) in [5.74, 6) is -0.674. The Balaban J connectivity index is 1.52. The maximum Gasteiger partial charge on any atom is 0.326 e. The molecule has 0 bridgehead atoms. The van der Waals surface area contributed by atoms with E-state index in [1.165, 1.54) is 11.8 Å². The topological polar surface area (TPSA) is 80.8 Å². The van der Waals surface area contributed by atoms with Gasteiger partial charge in [-0.1, -0.05) is 61.5 Å². The zero-order valence-corrected chi connectivity index (χ0v) is 16.8. The van der Waals surface area contributed by atoms with Gasteiger partial charge in [0.05, 0.1) is 5.25 Å². The van der Waals surface area contributed by atoms with Gasteiger partial charge in [0.2, 0.25) is 11.8 Å². The largest absolute Gasteiger partial charge is 0.459 e. The lowest BCUT2D eigenvalue weighted by Crippen LogP contribution is -2.36. The highest BCUT2D eigenvalue weighted by atomic mass is 32.2. The molecule has 1 atom stereocenters. The third-order valence-electron chi connectivity index (χ3n) is 4.51. The zero-order chi connectivity index (χ0) is 20.8. The van der Waals surface area contributed by atoms with Crippen LogP contribution in [0.1, 0.15) is 34.8 Å². The minimum Gasteiger partial charge on any atom is -0.459 e. The second-order valence-electron chi connectivity index (χ2n) is 6.52. The summed E-state index contributed by atoms with van der Waals surface area (Å²) in [6.07, 6.45) is 0.127. The number of hydrogen-bond acceptors (Lipinski definition) is 6. The number of nitrogens with zero attached hydrogens (tertiary/aromatic N) is 1. The Morgan fingerprint density at radius 2 is 1.69 bits per heavy atom. The van der Waals surface area contributed by atoms with E-state index in [1.54, 1.807) is 48.5 Å². The Kier molecular flexibility index (Phi) is 6.82. The summed E-state index contributed by atoms with van der Waals surface area (Å²) in [6.45, 7) is 1.54. The first-order valence-corrected chi connectivity index (χ1v) is 10.3. The lowest BCUT2D eigenvalue weighted by molar-refractivity contribution is -0.153. The lowest BCUT2D eigenvalue weighted by atomic mass is 10.0. The second-order valence-corrected chi connectivity index (χ2v) is 8.00. The Morgan fingerprint density at radius 3 is 2.34 bits per heavy atom. The van der Waals surface area contributed by atoms with Crippen molar-refractivity contribution in [2.45, 2.75) is 25.2 Å². The van der Waals surface area contributed by atoms with E-state index in [0.29, 0.717) is 16.7 Å². The van der Waals surface area contributed by atoms with Crippen LogP contribution in [0, 0.1) is 0 Å². The SMILES string of the molecule is CCSC1CC(=O)N(CC(=O)OCc2ccc(C(=O)c3ccccc3)cc2)C1=O. The number of likely N-dealkylation sites (tertiary alicyclic amines) is 1. The molecule has 2 aromatic rings. The van der Waals surface area contributed by atoms with Crippen LogP contribution in [0.15, 0.2) is 54.6 Å². The molecular formula is C22H21NO5S. The Bertz CT molecular complexity index is 911. The summed E-state index contributed by atoms with van der Waals surface area (Å²) < 4.78 is 5.19. The number of esters is 1. The fourth-order valence-corrected chi connectivity index (χ4v) is 3.93. The molecule has 1 fully saturated rings. The molecule has 6 nitrogen and oxygen atoms in total. The average Bonchev–Trinajstić information content (AvgIpc) is 3.00. The van der Waals surface area contributed by atoms with Crippen LogP contribution in [-0.4, -0.2) is 46.0 Å². The van der Waals surface area contributed by atoms with Crippen molar-refractivity contribution in [2.24, 2.45) is 0 Å². The molecule has 0 aliphatic carbocycles. The maximum atomic E-state index is 12.4. The standard InChI is InChI=1S/C22H21NO5S/c1-2-29-18-12-19(24)23(22(18)27)13-20(25)28-14-15-8-10-17(11-9-15)21(26)16-6-4-3-5-7-16/h3-11,18H,2,12-14H2,1H3. The number of benzene rings is 2. The predicted molar refractivity (Wildman–Crippen MR) is 109 cm³/mol. The third kappa shape index (κ3) is 5.12. The number of ether oxygens (including phenoxy) is 1. The number of carbonyl (C=O) groups is 4. The molecule has 1 unspecified atom stereocenters. The highest BCUT2D eigenvalue weighted by Crippen LogP contribution is 2.24. The Labute approximate surface area is 173 Å². The average molecular weight is 411 g/mol. The van der Waals surface area contributed by atoms with Crippen LogP contribution in [0.25, 0.3) is 0 Å². The van der Waals surface area contributed by atoms with Gasteiger partial charge in [-0.25, -0.2) is 0 Å². The number of imide groups is 1. The van der Waals surface area contributed by atoms with Crippen molar-refractivity contribution < 1.29 is 23.9 Å². The molecule has 3 rings (SSSR count). The molecular weight excluding hydrogens is 390 g/mol. The molecule has 1 aliphatic rings. The van der Waals surface area contributed by atoms with Gasteiger partial charge in [-0.05, 0) is 11.3 Å². The van der Waals surface area contributed by atoms with Crippen LogP contribution < -0.4 is 0 Å². The molecule has 7 heteroatoms. The summed E-state index contributed by atoms with van der Waals surface area (Å²) in [5, 5.41) is -0.407. The quantitative estimate of drug-likeness (QED) is 0.378. The van der Waals surface area contributed by atoms with Crippen molar-refractivity contribution in [1.82, 2.24) is 4.90 Å². The summed E-state index contributed by atoms with van der Waals surface area (Å²) in [6, 6.07) is 15.7. The minimum atomic E-state index is -0.640. The zero-order valence-electron chi connectivity index (χ0n) is 16.0. The van der Waals surface area contributed by atoms with Gasteiger partial charge in [0.25, 0.3) is 0 Å². The van der Waals surface area contributed by atoms with E-state index >= 15 is 0 Å². The number of rotatable bonds is 8. The highest BCUT2D eigenvalue weighted by Gasteiger charge is 2.39. The van der Waals surface area contributed by atoms with Gasteiger partial charge < -0.3 is 4.74 Å². The molecule has 2 amide bonds. The monoisotopic (exact) mass is 411 g/mol. The van der Waals surface area contributed by atoms with Crippen molar-refractivity contribution in [3.8, 4) is 0 Å². The van der Waals surface area contributed by atoms with Crippen LogP contribution in [-0.2, 0) is 25.7 Å². The molecule has 29 heavy (non-hydrogen) atoms. The van der Waals surface area contributed by atoms with E-state index < -0.39 is 11.2 Å². The van der Waals surface area contributed by atoms with Crippen molar-refractivity contribution in [1.29, 1.82) is 0 Å². The van der Waals surface area contributed by atoms with Gasteiger partial charge in [-0.15, -0.1) is 11.8 Å². The highest BCUT2D eigenvalue weighted by molar-refractivity contribution is 8.00. The van der Waals surface area contributed by atoms with Crippen molar-refractivity contribution in [2.75, 3.05) is 12.3 Å². The summed E-state index contributed by atoms with van der Waals surface area (Å²) in [5.41, 5.74) is 1.85. The van der Waals surface area contributed by atoms with Crippen molar-refractivity contribution in [3.05, 3.63) is 71.3 Å².